The molecule has 0 saturated heterocycles. The average Bonchev–Trinajstić information content (AvgIpc) is 2.79. The van der Waals surface area contributed by atoms with Gasteiger partial charge < -0.3 is 20.9 Å². The zero-order valence-corrected chi connectivity index (χ0v) is 21.6. The fourth-order valence-corrected chi connectivity index (χ4v) is 5.36. The number of nitrogens with one attached hydrogen (secondary N) is 3. The van der Waals surface area contributed by atoms with Crippen LogP contribution in [-0.4, -0.2) is 41.3 Å². The van der Waals surface area contributed by atoms with Gasteiger partial charge in [-0.2, -0.15) is 4.98 Å². The molecular formula is C24H32Cl2N6S. The number of nitrogens with zero attached hydrogens (tertiary/aromatic N) is 3. The van der Waals surface area contributed by atoms with E-state index in [1.165, 1.54) is 24.1 Å². The fourth-order valence-electron chi connectivity index (χ4n) is 4.65. The van der Waals surface area contributed by atoms with Crippen molar-refractivity contribution >= 4 is 52.3 Å². The number of aromatic nitrogens is 2. The maximum absolute atomic E-state index is 6.25. The molecule has 2 aromatic rings. The number of hydrogen-bond donors (Lipinski definition) is 3. The number of fused-ring (bicyclic) bond motifs is 1. The van der Waals surface area contributed by atoms with Gasteiger partial charge in [-0.25, -0.2) is 4.98 Å². The molecule has 1 aromatic carbocycles. The Bertz CT molecular complexity index is 991. The lowest BCUT2D eigenvalue weighted by Crippen LogP contribution is -2.44. The Morgan fingerprint density at radius 2 is 1.79 bits per heavy atom. The summed E-state index contributed by atoms with van der Waals surface area (Å²) in [7, 11) is 4.13. The van der Waals surface area contributed by atoms with Crippen LogP contribution in [0.2, 0.25) is 10.0 Å². The molecule has 1 heterocycles. The Hall–Kier alpha value is -1.83. The maximum Gasteiger partial charge on any atom is 0.225 e. The molecule has 1 fully saturated rings. The molecule has 2 aliphatic carbocycles. The highest BCUT2D eigenvalue weighted by Gasteiger charge is 2.24. The van der Waals surface area contributed by atoms with Gasteiger partial charge in [-0.1, -0.05) is 29.3 Å². The third kappa shape index (κ3) is 6.40. The van der Waals surface area contributed by atoms with E-state index in [4.69, 9.17) is 45.4 Å². The Morgan fingerprint density at radius 3 is 2.52 bits per heavy atom. The molecule has 1 aromatic heterocycles. The zero-order valence-electron chi connectivity index (χ0n) is 19.3. The van der Waals surface area contributed by atoms with E-state index in [1.54, 1.807) is 6.07 Å². The van der Waals surface area contributed by atoms with Gasteiger partial charge in [0.15, 0.2) is 5.11 Å². The lowest BCUT2D eigenvalue weighted by atomic mass is 9.91. The third-order valence-electron chi connectivity index (χ3n) is 6.44. The highest BCUT2D eigenvalue weighted by Crippen LogP contribution is 2.29. The number of benzene rings is 1. The van der Waals surface area contributed by atoms with Gasteiger partial charge in [0.2, 0.25) is 5.95 Å². The van der Waals surface area contributed by atoms with Gasteiger partial charge in [0.1, 0.15) is 5.82 Å². The number of hydrogen-bond acceptors (Lipinski definition) is 5. The third-order valence-corrected chi connectivity index (χ3v) is 7.28. The van der Waals surface area contributed by atoms with E-state index < -0.39 is 0 Å². The molecule has 1 saturated carbocycles. The minimum absolute atomic E-state index is 0.366. The molecule has 0 amide bonds. The first kappa shape index (κ1) is 24.3. The molecule has 0 radical (unpaired) electrons. The summed E-state index contributed by atoms with van der Waals surface area (Å²) >= 11 is 17.7. The molecule has 0 aliphatic heterocycles. The molecule has 0 unspecified atom stereocenters. The van der Waals surface area contributed by atoms with E-state index in [9.17, 15) is 0 Å². The van der Waals surface area contributed by atoms with Gasteiger partial charge in [-0.05, 0) is 81.3 Å². The van der Waals surface area contributed by atoms with Crippen LogP contribution in [0.15, 0.2) is 18.2 Å². The van der Waals surface area contributed by atoms with Gasteiger partial charge in [-0.15, -0.1) is 0 Å². The molecule has 3 N–H and O–H groups in total. The van der Waals surface area contributed by atoms with Crippen molar-refractivity contribution in [3.05, 3.63) is 45.1 Å². The van der Waals surface area contributed by atoms with Crippen LogP contribution in [0.1, 0.15) is 55.3 Å². The van der Waals surface area contributed by atoms with E-state index in [-0.39, 0.29) is 0 Å². The van der Waals surface area contributed by atoms with Crippen LogP contribution in [0.25, 0.3) is 0 Å². The van der Waals surface area contributed by atoms with Gasteiger partial charge in [0.05, 0.1) is 5.69 Å². The van der Waals surface area contributed by atoms with Crippen LogP contribution < -0.4 is 20.9 Å². The van der Waals surface area contributed by atoms with Crippen molar-refractivity contribution < 1.29 is 0 Å². The lowest BCUT2D eigenvalue weighted by molar-refractivity contribution is 0.385. The Labute approximate surface area is 211 Å². The number of anilines is 2. The summed E-state index contributed by atoms with van der Waals surface area (Å²) < 4.78 is 0. The summed E-state index contributed by atoms with van der Waals surface area (Å²) in [6, 6.07) is 6.25. The van der Waals surface area contributed by atoms with Crippen LogP contribution in [-0.2, 0) is 19.4 Å². The van der Waals surface area contributed by atoms with Crippen LogP contribution >= 0.6 is 35.4 Å². The summed E-state index contributed by atoms with van der Waals surface area (Å²) in [4.78, 5) is 11.8. The van der Waals surface area contributed by atoms with Crippen molar-refractivity contribution in [3.63, 3.8) is 0 Å². The van der Waals surface area contributed by atoms with Gasteiger partial charge in [-0.3, -0.25) is 0 Å². The summed E-state index contributed by atoms with van der Waals surface area (Å²) in [5.74, 6) is 1.84. The van der Waals surface area contributed by atoms with Gasteiger partial charge in [0, 0.05) is 48.3 Å². The average molecular weight is 508 g/mol. The van der Waals surface area contributed by atoms with Gasteiger partial charge >= 0.3 is 0 Å². The second-order valence-corrected chi connectivity index (χ2v) is 10.4. The molecule has 2 aliphatic rings. The smallest absolute Gasteiger partial charge is 0.225 e. The molecular weight excluding hydrogens is 475 g/mol. The Balaban J connectivity index is 1.26. The van der Waals surface area contributed by atoms with Crippen molar-refractivity contribution in [2.75, 3.05) is 24.3 Å². The second-order valence-electron chi connectivity index (χ2n) is 9.15. The van der Waals surface area contributed by atoms with Crippen molar-refractivity contribution in [1.82, 2.24) is 20.6 Å². The summed E-state index contributed by atoms with van der Waals surface area (Å²) in [6.45, 7) is 0.572. The minimum Gasteiger partial charge on any atom is -0.362 e. The largest absolute Gasteiger partial charge is 0.362 e. The molecule has 6 nitrogen and oxygen atoms in total. The van der Waals surface area contributed by atoms with Crippen molar-refractivity contribution in [2.45, 2.75) is 70.0 Å². The Kier molecular flexibility index (Phi) is 8.15. The summed E-state index contributed by atoms with van der Waals surface area (Å²) in [5, 5.41) is 12.3. The number of aryl methyl sites for hydroxylation is 1. The van der Waals surface area contributed by atoms with E-state index >= 15 is 0 Å². The van der Waals surface area contributed by atoms with E-state index in [1.807, 2.05) is 12.1 Å². The predicted molar refractivity (Wildman–Crippen MR) is 142 cm³/mol. The molecule has 0 spiro atoms. The fraction of sp³-hybridized carbons (Fsp3) is 0.542. The summed E-state index contributed by atoms with van der Waals surface area (Å²) in [5.41, 5.74) is 3.51. The highest BCUT2D eigenvalue weighted by molar-refractivity contribution is 7.80. The standard InChI is InChI=1S/C24H32Cl2N6S/c1-32(2)22-19-5-3-4-6-21(19)30-23(31-22)28-17-9-11-18(12-10-17)29-24(33)27-14-15-7-8-16(25)13-20(15)26/h7-8,13,17-18H,3-6,9-12,14H2,1-2H3,(H2,27,29,33)(H,28,30,31). The van der Waals surface area contributed by atoms with E-state index in [0.717, 1.165) is 55.9 Å². The van der Waals surface area contributed by atoms with E-state index in [0.29, 0.717) is 33.8 Å². The monoisotopic (exact) mass is 506 g/mol. The second kappa shape index (κ2) is 11.1. The normalized spacial score (nSPS) is 20.0. The molecule has 0 bridgehead atoms. The highest BCUT2D eigenvalue weighted by atomic mass is 35.5. The summed E-state index contributed by atoms with van der Waals surface area (Å²) in [6.07, 6.45) is 8.78. The van der Waals surface area contributed by atoms with Crippen LogP contribution in [0.5, 0.6) is 0 Å². The first-order chi connectivity index (χ1) is 15.9. The van der Waals surface area contributed by atoms with Crippen molar-refractivity contribution in [2.24, 2.45) is 0 Å². The quantitative estimate of drug-likeness (QED) is 0.470. The molecule has 4 rings (SSSR count). The van der Waals surface area contributed by atoms with Crippen LogP contribution in [0, 0.1) is 0 Å². The SMILES string of the molecule is CN(C)c1nc(NC2CCC(NC(=S)NCc3ccc(Cl)cc3Cl)CC2)nc2c1CCCC2. The molecule has 9 heteroatoms. The Morgan fingerprint density at radius 1 is 1.06 bits per heavy atom. The number of rotatable bonds is 6. The minimum atomic E-state index is 0.366. The first-order valence-electron chi connectivity index (χ1n) is 11.7. The molecule has 0 atom stereocenters. The number of halogens is 2. The maximum atomic E-state index is 6.25. The van der Waals surface area contributed by atoms with Crippen molar-refractivity contribution in [1.29, 1.82) is 0 Å². The zero-order chi connectivity index (χ0) is 23.4. The molecule has 178 valence electrons. The van der Waals surface area contributed by atoms with E-state index in [2.05, 4.69) is 34.9 Å². The van der Waals surface area contributed by atoms with Crippen LogP contribution in [0.3, 0.4) is 0 Å². The van der Waals surface area contributed by atoms with Crippen LogP contribution in [0.4, 0.5) is 11.8 Å². The lowest BCUT2D eigenvalue weighted by Gasteiger charge is -2.31. The number of thiocarbonyl (C=S) groups is 1. The molecule has 33 heavy (non-hydrogen) atoms. The topological polar surface area (TPSA) is 65.1 Å². The van der Waals surface area contributed by atoms with Gasteiger partial charge in [0.25, 0.3) is 0 Å². The predicted octanol–water partition coefficient (Wildman–Crippen LogP) is 5.12. The van der Waals surface area contributed by atoms with Crippen molar-refractivity contribution in [3.8, 4) is 0 Å². The first-order valence-corrected chi connectivity index (χ1v) is 12.9.